The first-order chi connectivity index (χ1) is 14.1. The summed E-state index contributed by atoms with van der Waals surface area (Å²) in [5, 5.41) is 9.65. The van der Waals surface area contributed by atoms with Crippen molar-refractivity contribution in [2.24, 2.45) is 10.9 Å². The molecular weight excluding hydrogens is 362 g/mol. The number of amides is 1. The van der Waals surface area contributed by atoms with Gasteiger partial charge in [-0.2, -0.15) is 0 Å². The van der Waals surface area contributed by atoms with Crippen molar-refractivity contribution in [1.29, 1.82) is 0 Å². The quantitative estimate of drug-likeness (QED) is 0.416. The van der Waals surface area contributed by atoms with Crippen LogP contribution in [0.25, 0.3) is 0 Å². The number of benzene rings is 1. The first-order valence-electron chi connectivity index (χ1n) is 11.1. The van der Waals surface area contributed by atoms with E-state index in [2.05, 4.69) is 45.8 Å². The molecule has 1 fully saturated rings. The van der Waals surface area contributed by atoms with Gasteiger partial charge in [-0.25, -0.2) is 0 Å². The van der Waals surface area contributed by atoms with Crippen molar-refractivity contribution in [3.8, 4) is 0 Å². The van der Waals surface area contributed by atoms with Crippen LogP contribution in [0.15, 0.2) is 29.3 Å². The van der Waals surface area contributed by atoms with E-state index >= 15 is 0 Å². The fraction of sp³-hybridized carbons (Fsp3) is 0.652. The van der Waals surface area contributed by atoms with Gasteiger partial charge in [0.2, 0.25) is 0 Å². The Morgan fingerprint density at radius 3 is 2.52 bits per heavy atom. The molecule has 1 heterocycles. The summed E-state index contributed by atoms with van der Waals surface area (Å²) < 4.78 is 0. The molecule has 0 aliphatic carbocycles. The highest BCUT2D eigenvalue weighted by molar-refractivity contribution is 5.94. The fourth-order valence-electron chi connectivity index (χ4n) is 4.26. The van der Waals surface area contributed by atoms with Crippen LogP contribution in [0.2, 0.25) is 0 Å². The molecule has 6 nitrogen and oxygen atoms in total. The van der Waals surface area contributed by atoms with Crippen LogP contribution in [-0.4, -0.2) is 63.1 Å². The van der Waals surface area contributed by atoms with Gasteiger partial charge in [0.05, 0.1) is 0 Å². The lowest BCUT2D eigenvalue weighted by Gasteiger charge is -2.34. The number of aliphatic imine (C=N–C) groups is 1. The Morgan fingerprint density at radius 2 is 1.90 bits per heavy atom. The Balaban J connectivity index is 1.85. The summed E-state index contributed by atoms with van der Waals surface area (Å²) in [5.74, 6) is 1.51. The largest absolute Gasteiger partial charge is 0.356 e. The van der Waals surface area contributed by atoms with Gasteiger partial charge in [-0.15, -0.1) is 0 Å². The van der Waals surface area contributed by atoms with E-state index in [0.29, 0.717) is 17.5 Å². The third-order valence-corrected chi connectivity index (χ3v) is 6.03. The highest BCUT2D eigenvalue weighted by Crippen LogP contribution is 2.22. The van der Waals surface area contributed by atoms with Crippen molar-refractivity contribution < 1.29 is 4.79 Å². The number of rotatable bonds is 10. The molecule has 162 valence electrons. The summed E-state index contributed by atoms with van der Waals surface area (Å²) in [4.78, 5) is 18.9. The molecule has 0 bridgehead atoms. The van der Waals surface area contributed by atoms with Gasteiger partial charge in [0.1, 0.15) is 0 Å². The van der Waals surface area contributed by atoms with E-state index in [1.54, 1.807) is 7.05 Å². The predicted octanol–water partition coefficient (Wildman–Crippen LogP) is 2.65. The second-order valence-electron chi connectivity index (χ2n) is 7.80. The monoisotopic (exact) mass is 401 g/mol. The molecule has 0 saturated carbocycles. The van der Waals surface area contributed by atoms with E-state index < -0.39 is 0 Å². The summed E-state index contributed by atoms with van der Waals surface area (Å²) in [6.07, 6.45) is 5.91. The lowest BCUT2D eigenvalue weighted by molar-refractivity contribution is 0.0963. The van der Waals surface area contributed by atoms with Crippen molar-refractivity contribution in [2.45, 2.75) is 52.0 Å². The third kappa shape index (κ3) is 7.03. The number of guanidine groups is 1. The van der Waals surface area contributed by atoms with Gasteiger partial charge in [-0.1, -0.05) is 38.8 Å². The number of nitrogens with zero attached hydrogens (tertiary/aromatic N) is 2. The topological polar surface area (TPSA) is 68.8 Å². The molecule has 29 heavy (non-hydrogen) atoms. The Morgan fingerprint density at radius 1 is 1.17 bits per heavy atom. The van der Waals surface area contributed by atoms with E-state index in [9.17, 15) is 4.79 Å². The summed E-state index contributed by atoms with van der Waals surface area (Å²) in [7, 11) is 3.48. The zero-order valence-electron chi connectivity index (χ0n) is 18.6. The van der Waals surface area contributed by atoms with E-state index in [1.165, 1.54) is 38.8 Å². The summed E-state index contributed by atoms with van der Waals surface area (Å²) in [6.45, 7) is 8.75. The van der Waals surface area contributed by atoms with E-state index in [4.69, 9.17) is 0 Å². The van der Waals surface area contributed by atoms with E-state index in [-0.39, 0.29) is 5.91 Å². The number of nitrogens with one attached hydrogen (secondary N) is 3. The molecule has 2 rings (SSSR count). The molecule has 0 aromatic heterocycles. The highest BCUT2D eigenvalue weighted by atomic mass is 16.1. The van der Waals surface area contributed by atoms with Gasteiger partial charge in [0, 0.05) is 38.8 Å². The average Bonchev–Trinajstić information content (AvgIpc) is 3.29. The molecule has 6 heteroatoms. The Kier molecular flexibility index (Phi) is 9.98. The number of carbonyl (C=O) groups excluding carboxylic acids is 1. The van der Waals surface area contributed by atoms with Crippen LogP contribution < -0.4 is 16.0 Å². The average molecular weight is 402 g/mol. The maximum atomic E-state index is 11.8. The molecule has 1 amide bonds. The Labute approximate surface area is 176 Å². The van der Waals surface area contributed by atoms with Crippen molar-refractivity contribution >= 4 is 11.9 Å². The molecule has 1 aromatic rings. The molecule has 1 aliphatic heterocycles. The van der Waals surface area contributed by atoms with Crippen LogP contribution in [0.4, 0.5) is 0 Å². The minimum Gasteiger partial charge on any atom is -0.356 e. The second-order valence-corrected chi connectivity index (χ2v) is 7.80. The highest BCUT2D eigenvalue weighted by Gasteiger charge is 2.27. The fourth-order valence-corrected chi connectivity index (χ4v) is 4.26. The van der Waals surface area contributed by atoms with Crippen molar-refractivity contribution in [1.82, 2.24) is 20.9 Å². The standard InChI is InChI=1S/C23H39N5O/c1-5-19(6-2)21(28-14-7-8-15-28)17-27-23(25-4)26-13-12-18-10-9-11-20(16-18)22(29)24-3/h9-11,16,19,21H,5-8,12-15,17H2,1-4H3,(H,24,29)(H2,25,26,27). The smallest absolute Gasteiger partial charge is 0.251 e. The Bertz CT molecular complexity index is 648. The van der Waals surface area contributed by atoms with Crippen molar-refractivity contribution in [3.05, 3.63) is 35.4 Å². The second kappa shape index (κ2) is 12.5. The first-order valence-corrected chi connectivity index (χ1v) is 11.1. The molecule has 1 atom stereocenters. The van der Waals surface area contributed by atoms with Gasteiger partial charge in [-0.05, 0) is 56.0 Å². The van der Waals surface area contributed by atoms with Crippen molar-refractivity contribution in [3.63, 3.8) is 0 Å². The van der Waals surface area contributed by atoms with Crippen LogP contribution in [0.1, 0.15) is 55.5 Å². The lowest BCUT2D eigenvalue weighted by atomic mass is 9.93. The maximum Gasteiger partial charge on any atom is 0.251 e. The van der Waals surface area contributed by atoms with E-state index in [1.807, 2.05) is 25.2 Å². The zero-order valence-corrected chi connectivity index (χ0v) is 18.6. The van der Waals surface area contributed by atoms with Crippen LogP contribution in [0.5, 0.6) is 0 Å². The summed E-state index contributed by atoms with van der Waals surface area (Å²) in [6, 6.07) is 8.35. The molecule has 1 aromatic carbocycles. The minimum absolute atomic E-state index is 0.0494. The first kappa shape index (κ1) is 23.2. The Hall–Kier alpha value is -2.08. The summed E-state index contributed by atoms with van der Waals surface area (Å²) >= 11 is 0. The van der Waals surface area contributed by atoms with Gasteiger partial charge < -0.3 is 16.0 Å². The van der Waals surface area contributed by atoms with Gasteiger partial charge in [0.15, 0.2) is 5.96 Å². The number of carbonyl (C=O) groups is 1. The van der Waals surface area contributed by atoms with Gasteiger partial charge in [-0.3, -0.25) is 14.7 Å². The minimum atomic E-state index is -0.0494. The molecule has 0 radical (unpaired) electrons. The molecular formula is C23H39N5O. The number of likely N-dealkylation sites (tertiary alicyclic amines) is 1. The predicted molar refractivity (Wildman–Crippen MR) is 122 cm³/mol. The molecule has 1 aliphatic rings. The molecule has 1 saturated heterocycles. The zero-order chi connectivity index (χ0) is 21.1. The van der Waals surface area contributed by atoms with Crippen LogP contribution >= 0.6 is 0 Å². The maximum absolute atomic E-state index is 11.8. The van der Waals surface area contributed by atoms with E-state index in [0.717, 1.165) is 31.0 Å². The SMILES string of the molecule is CCC(CC)C(CNC(=NC)NCCc1cccc(C(=O)NC)c1)N1CCCC1. The normalized spacial score (nSPS) is 16.1. The number of hydrogen-bond acceptors (Lipinski definition) is 3. The number of hydrogen-bond donors (Lipinski definition) is 3. The summed E-state index contributed by atoms with van der Waals surface area (Å²) in [5.41, 5.74) is 1.84. The molecule has 1 unspecified atom stereocenters. The molecule has 3 N–H and O–H groups in total. The van der Waals surface area contributed by atoms with Crippen LogP contribution in [0, 0.1) is 5.92 Å². The van der Waals surface area contributed by atoms with Crippen LogP contribution in [-0.2, 0) is 6.42 Å². The van der Waals surface area contributed by atoms with Crippen LogP contribution in [0.3, 0.4) is 0 Å². The van der Waals surface area contributed by atoms with Crippen molar-refractivity contribution in [2.75, 3.05) is 40.3 Å². The lowest BCUT2D eigenvalue weighted by Crippen LogP contribution is -2.49. The van der Waals surface area contributed by atoms with Gasteiger partial charge in [0.25, 0.3) is 5.91 Å². The molecule has 0 spiro atoms. The third-order valence-electron chi connectivity index (χ3n) is 6.03. The van der Waals surface area contributed by atoms with Gasteiger partial charge >= 0.3 is 0 Å².